The van der Waals surface area contributed by atoms with Gasteiger partial charge >= 0.3 is 0 Å². The first-order valence-electron chi connectivity index (χ1n) is 6.73. The number of piperidine rings is 1. The fraction of sp³-hybridized carbons (Fsp3) is 0.615. The Bertz CT molecular complexity index is 464. The molecule has 1 aliphatic rings. The zero-order valence-corrected chi connectivity index (χ0v) is 12.3. The summed E-state index contributed by atoms with van der Waals surface area (Å²) in [6.07, 6.45) is 3.38. The van der Waals surface area contributed by atoms with Crippen molar-refractivity contribution in [2.45, 2.75) is 25.9 Å². The van der Waals surface area contributed by atoms with Crippen LogP contribution in [-0.2, 0) is 16.1 Å². The summed E-state index contributed by atoms with van der Waals surface area (Å²) >= 11 is 5.91. The third-order valence-corrected chi connectivity index (χ3v) is 3.34. The van der Waals surface area contributed by atoms with Gasteiger partial charge in [-0.15, -0.1) is 0 Å². The topological polar surface area (TPSA) is 67.3 Å². The molecule has 7 heteroatoms. The molecule has 0 bridgehead atoms. The molecule has 0 atom stereocenters. The van der Waals surface area contributed by atoms with E-state index in [-0.39, 0.29) is 19.1 Å². The molecule has 1 amide bonds. The molecule has 0 spiro atoms. The van der Waals surface area contributed by atoms with Crippen molar-refractivity contribution in [3.8, 4) is 0 Å². The molecule has 1 aromatic rings. The van der Waals surface area contributed by atoms with Gasteiger partial charge in [-0.3, -0.25) is 4.79 Å². The summed E-state index contributed by atoms with van der Waals surface area (Å²) < 4.78 is 4.97. The maximum Gasteiger partial charge on any atom is 0.241 e. The second-order valence-electron chi connectivity index (χ2n) is 4.72. The standard InChI is InChI=1S/C13H19ClN4O2/c1-20-9-12-16-10(14)7-11(17-12)15-8-13(19)18-5-3-2-4-6-18/h7H,2-6,8-9H2,1H3,(H,15,16,17). The van der Waals surface area contributed by atoms with Gasteiger partial charge in [-0.05, 0) is 19.3 Å². The van der Waals surface area contributed by atoms with Crippen LogP contribution in [0.15, 0.2) is 6.07 Å². The molecule has 0 unspecified atom stereocenters. The third-order valence-electron chi connectivity index (χ3n) is 3.14. The van der Waals surface area contributed by atoms with Crippen molar-refractivity contribution in [2.75, 3.05) is 32.1 Å². The minimum Gasteiger partial charge on any atom is -0.377 e. The molecule has 1 saturated heterocycles. The highest BCUT2D eigenvalue weighted by molar-refractivity contribution is 6.29. The van der Waals surface area contributed by atoms with Crippen molar-refractivity contribution in [3.05, 3.63) is 17.0 Å². The highest BCUT2D eigenvalue weighted by Gasteiger charge is 2.16. The zero-order chi connectivity index (χ0) is 14.4. The molecule has 2 heterocycles. The monoisotopic (exact) mass is 298 g/mol. The molecule has 110 valence electrons. The summed E-state index contributed by atoms with van der Waals surface area (Å²) in [5.74, 6) is 1.13. The quantitative estimate of drug-likeness (QED) is 0.838. The number of likely N-dealkylation sites (tertiary alicyclic amines) is 1. The fourth-order valence-corrected chi connectivity index (χ4v) is 2.37. The maximum atomic E-state index is 12.0. The zero-order valence-electron chi connectivity index (χ0n) is 11.6. The SMILES string of the molecule is COCc1nc(Cl)cc(NCC(=O)N2CCCCC2)n1. The lowest BCUT2D eigenvalue weighted by Crippen LogP contribution is -2.39. The first kappa shape index (κ1) is 15.0. The van der Waals surface area contributed by atoms with Gasteiger partial charge in [0.15, 0.2) is 5.82 Å². The van der Waals surface area contributed by atoms with E-state index < -0.39 is 0 Å². The Morgan fingerprint density at radius 2 is 2.15 bits per heavy atom. The van der Waals surface area contributed by atoms with E-state index in [1.807, 2.05) is 4.90 Å². The van der Waals surface area contributed by atoms with Gasteiger partial charge in [0.05, 0.1) is 6.54 Å². The Kier molecular flexibility index (Phi) is 5.55. The van der Waals surface area contributed by atoms with Crippen molar-refractivity contribution in [1.82, 2.24) is 14.9 Å². The lowest BCUT2D eigenvalue weighted by Gasteiger charge is -2.26. The first-order chi connectivity index (χ1) is 9.69. The summed E-state index contributed by atoms with van der Waals surface area (Å²) in [5, 5.41) is 3.33. The minimum absolute atomic E-state index is 0.0905. The molecule has 1 aliphatic heterocycles. The van der Waals surface area contributed by atoms with E-state index in [1.54, 1.807) is 13.2 Å². The number of halogens is 1. The first-order valence-corrected chi connectivity index (χ1v) is 7.11. The number of nitrogens with one attached hydrogen (secondary N) is 1. The molecule has 20 heavy (non-hydrogen) atoms. The normalized spacial score (nSPS) is 15.2. The number of carbonyl (C=O) groups excluding carboxylic acids is 1. The highest BCUT2D eigenvalue weighted by atomic mass is 35.5. The number of anilines is 1. The predicted octanol–water partition coefficient (Wildman–Crippen LogP) is 1.70. The number of carbonyl (C=O) groups is 1. The molecule has 6 nitrogen and oxygen atoms in total. The van der Waals surface area contributed by atoms with Gasteiger partial charge < -0.3 is 15.0 Å². The van der Waals surface area contributed by atoms with Crippen LogP contribution in [0.3, 0.4) is 0 Å². The van der Waals surface area contributed by atoms with Gasteiger partial charge in [0.25, 0.3) is 0 Å². The molecule has 1 aromatic heterocycles. The van der Waals surface area contributed by atoms with Crippen molar-refractivity contribution in [3.63, 3.8) is 0 Å². The number of aromatic nitrogens is 2. The van der Waals surface area contributed by atoms with Crippen LogP contribution in [0.2, 0.25) is 5.15 Å². The summed E-state index contributed by atoms with van der Waals surface area (Å²) in [7, 11) is 1.57. The number of nitrogens with zero attached hydrogens (tertiary/aromatic N) is 3. The number of rotatable bonds is 5. The number of methoxy groups -OCH3 is 1. The van der Waals surface area contributed by atoms with Crippen LogP contribution in [0, 0.1) is 0 Å². The van der Waals surface area contributed by atoms with Crippen molar-refractivity contribution >= 4 is 23.3 Å². The number of ether oxygens (including phenoxy) is 1. The molecule has 0 aromatic carbocycles. The Balaban J connectivity index is 1.90. The third kappa shape index (κ3) is 4.31. The molecular weight excluding hydrogens is 280 g/mol. The number of hydrogen-bond donors (Lipinski definition) is 1. The Morgan fingerprint density at radius 1 is 1.40 bits per heavy atom. The van der Waals surface area contributed by atoms with Gasteiger partial charge in [-0.2, -0.15) is 0 Å². The van der Waals surface area contributed by atoms with Crippen LogP contribution in [-0.4, -0.2) is 47.5 Å². The smallest absolute Gasteiger partial charge is 0.241 e. The second kappa shape index (κ2) is 7.40. The molecule has 1 fully saturated rings. The lowest BCUT2D eigenvalue weighted by atomic mass is 10.1. The van der Waals surface area contributed by atoms with Crippen LogP contribution in [0.1, 0.15) is 25.1 Å². The van der Waals surface area contributed by atoms with Crippen LogP contribution >= 0.6 is 11.6 Å². The van der Waals surface area contributed by atoms with Crippen LogP contribution in [0.5, 0.6) is 0 Å². The molecular formula is C13H19ClN4O2. The largest absolute Gasteiger partial charge is 0.377 e. The van der Waals surface area contributed by atoms with Crippen molar-refractivity contribution in [1.29, 1.82) is 0 Å². The van der Waals surface area contributed by atoms with Crippen molar-refractivity contribution in [2.24, 2.45) is 0 Å². The van der Waals surface area contributed by atoms with E-state index >= 15 is 0 Å². The minimum atomic E-state index is 0.0905. The van der Waals surface area contributed by atoms with Gasteiger partial charge in [-0.1, -0.05) is 11.6 Å². The Labute approximate surface area is 123 Å². The van der Waals surface area contributed by atoms with E-state index in [1.165, 1.54) is 6.42 Å². The van der Waals surface area contributed by atoms with E-state index in [4.69, 9.17) is 16.3 Å². The summed E-state index contributed by atoms with van der Waals surface area (Å²) in [5.41, 5.74) is 0. The molecule has 0 saturated carbocycles. The van der Waals surface area contributed by atoms with Crippen LogP contribution in [0.25, 0.3) is 0 Å². The Hall–Kier alpha value is -1.40. The second-order valence-corrected chi connectivity index (χ2v) is 5.11. The average Bonchev–Trinajstić information content (AvgIpc) is 2.45. The maximum absolute atomic E-state index is 12.0. The van der Waals surface area contributed by atoms with Gasteiger partial charge in [-0.25, -0.2) is 9.97 Å². The average molecular weight is 299 g/mol. The van der Waals surface area contributed by atoms with Gasteiger partial charge in [0.2, 0.25) is 5.91 Å². The van der Waals surface area contributed by atoms with E-state index in [0.717, 1.165) is 25.9 Å². The number of amides is 1. The van der Waals surface area contributed by atoms with E-state index in [9.17, 15) is 4.79 Å². The summed E-state index contributed by atoms with van der Waals surface area (Å²) in [6, 6.07) is 1.60. The van der Waals surface area contributed by atoms with Crippen LogP contribution < -0.4 is 5.32 Å². The van der Waals surface area contributed by atoms with Crippen LogP contribution in [0.4, 0.5) is 5.82 Å². The highest BCUT2D eigenvalue weighted by Crippen LogP contribution is 2.13. The molecule has 0 aliphatic carbocycles. The van der Waals surface area contributed by atoms with Crippen molar-refractivity contribution < 1.29 is 9.53 Å². The fourth-order valence-electron chi connectivity index (χ4n) is 2.17. The van der Waals surface area contributed by atoms with E-state index in [0.29, 0.717) is 16.8 Å². The summed E-state index contributed by atoms with van der Waals surface area (Å²) in [4.78, 5) is 22.2. The van der Waals surface area contributed by atoms with Gasteiger partial charge in [0.1, 0.15) is 17.6 Å². The Morgan fingerprint density at radius 3 is 2.85 bits per heavy atom. The molecule has 0 radical (unpaired) electrons. The molecule has 2 rings (SSSR count). The number of hydrogen-bond acceptors (Lipinski definition) is 5. The molecule has 1 N–H and O–H groups in total. The lowest BCUT2D eigenvalue weighted by molar-refractivity contribution is -0.130. The predicted molar refractivity (Wildman–Crippen MR) is 76.7 cm³/mol. The summed E-state index contributed by atoms with van der Waals surface area (Å²) in [6.45, 7) is 2.20. The van der Waals surface area contributed by atoms with E-state index in [2.05, 4.69) is 15.3 Å². The van der Waals surface area contributed by atoms with Gasteiger partial charge in [0, 0.05) is 26.3 Å².